The number of anilines is 2. The lowest BCUT2D eigenvalue weighted by molar-refractivity contribution is 0.102. The Kier molecular flexibility index (Phi) is 4.20. The lowest BCUT2D eigenvalue weighted by Gasteiger charge is -2.28. The van der Waals surface area contributed by atoms with Crippen molar-refractivity contribution in [1.29, 1.82) is 0 Å². The molecule has 0 aliphatic carbocycles. The highest BCUT2D eigenvalue weighted by molar-refractivity contribution is 6.04. The van der Waals surface area contributed by atoms with Crippen LogP contribution in [0.25, 0.3) is 0 Å². The first-order valence-corrected chi connectivity index (χ1v) is 7.12. The van der Waals surface area contributed by atoms with Crippen LogP contribution in [0.2, 0.25) is 0 Å². The van der Waals surface area contributed by atoms with Crippen LogP contribution in [0.1, 0.15) is 10.4 Å². The number of amides is 1. The van der Waals surface area contributed by atoms with Crippen molar-refractivity contribution < 1.29 is 14.6 Å². The van der Waals surface area contributed by atoms with Gasteiger partial charge in [-0.2, -0.15) is 0 Å². The van der Waals surface area contributed by atoms with E-state index in [9.17, 15) is 9.90 Å². The van der Waals surface area contributed by atoms with E-state index in [4.69, 9.17) is 4.74 Å². The minimum absolute atomic E-state index is 0.0548. The fourth-order valence-electron chi connectivity index (χ4n) is 2.32. The maximum Gasteiger partial charge on any atom is 0.256 e. The molecule has 0 saturated carbocycles. The summed E-state index contributed by atoms with van der Waals surface area (Å²) in [6, 6.07) is 10.4. The lowest BCUT2D eigenvalue weighted by Crippen LogP contribution is -2.36. The van der Waals surface area contributed by atoms with E-state index in [0.717, 1.165) is 32.0 Å². The molecule has 3 rings (SSSR count). The van der Waals surface area contributed by atoms with Crippen LogP contribution < -0.4 is 10.2 Å². The third-order valence-electron chi connectivity index (χ3n) is 3.52. The number of carbonyl (C=O) groups excluding carboxylic acids is 1. The molecule has 1 amide bonds. The van der Waals surface area contributed by atoms with Crippen LogP contribution in [0, 0.1) is 0 Å². The Morgan fingerprint density at radius 1 is 1.18 bits per heavy atom. The van der Waals surface area contributed by atoms with Gasteiger partial charge in [0.15, 0.2) is 11.6 Å². The minimum atomic E-state index is -0.303. The van der Waals surface area contributed by atoms with Gasteiger partial charge in [-0.3, -0.25) is 4.79 Å². The standard InChI is InChI=1S/C16H17N3O3/c20-14-2-1-7-17-15(14)18-16(21)12-3-5-13(6-4-12)19-8-10-22-11-9-19/h1-7,20H,8-11H2,(H,17,18,21). The predicted octanol–water partition coefficient (Wildman–Crippen LogP) is 1.88. The molecule has 6 heteroatoms. The highest BCUT2D eigenvalue weighted by Crippen LogP contribution is 2.20. The van der Waals surface area contributed by atoms with E-state index < -0.39 is 0 Å². The summed E-state index contributed by atoms with van der Waals surface area (Å²) in [6.07, 6.45) is 1.51. The van der Waals surface area contributed by atoms with Gasteiger partial charge in [0.1, 0.15) is 0 Å². The second-order valence-electron chi connectivity index (χ2n) is 4.97. The number of carbonyl (C=O) groups is 1. The van der Waals surface area contributed by atoms with Crippen molar-refractivity contribution in [1.82, 2.24) is 4.98 Å². The molecule has 0 spiro atoms. The Bertz CT molecular complexity index is 652. The molecular formula is C16H17N3O3. The number of hydrogen-bond donors (Lipinski definition) is 2. The molecule has 1 aliphatic heterocycles. The second kappa shape index (κ2) is 6.44. The summed E-state index contributed by atoms with van der Waals surface area (Å²) >= 11 is 0. The van der Waals surface area contributed by atoms with Gasteiger partial charge in [0.05, 0.1) is 13.2 Å². The van der Waals surface area contributed by atoms with E-state index in [-0.39, 0.29) is 17.5 Å². The van der Waals surface area contributed by atoms with Crippen molar-refractivity contribution in [3.8, 4) is 5.75 Å². The summed E-state index contributed by atoms with van der Waals surface area (Å²) in [5.74, 6) is -0.201. The van der Waals surface area contributed by atoms with Crippen LogP contribution >= 0.6 is 0 Å². The van der Waals surface area contributed by atoms with Gasteiger partial charge in [-0.1, -0.05) is 0 Å². The molecule has 2 N–H and O–H groups in total. The van der Waals surface area contributed by atoms with Gasteiger partial charge >= 0.3 is 0 Å². The van der Waals surface area contributed by atoms with E-state index in [2.05, 4.69) is 15.2 Å². The zero-order valence-electron chi connectivity index (χ0n) is 12.0. The van der Waals surface area contributed by atoms with Crippen LogP contribution in [0.3, 0.4) is 0 Å². The van der Waals surface area contributed by atoms with Crippen LogP contribution in [0.4, 0.5) is 11.5 Å². The van der Waals surface area contributed by atoms with Crippen LogP contribution in [-0.2, 0) is 4.74 Å². The number of rotatable bonds is 3. The number of ether oxygens (including phenoxy) is 1. The van der Waals surface area contributed by atoms with E-state index >= 15 is 0 Å². The van der Waals surface area contributed by atoms with E-state index in [1.165, 1.54) is 12.3 Å². The zero-order chi connectivity index (χ0) is 15.4. The maximum atomic E-state index is 12.2. The number of aromatic nitrogens is 1. The summed E-state index contributed by atoms with van der Waals surface area (Å²) in [5, 5.41) is 12.2. The first-order chi connectivity index (χ1) is 10.7. The molecular weight excluding hydrogens is 282 g/mol. The number of pyridine rings is 1. The molecule has 0 radical (unpaired) electrons. The number of nitrogens with zero attached hydrogens (tertiary/aromatic N) is 2. The Morgan fingerprint density at radius 2 is 1.91 bits per heavy atom. The van der Waals surface area contributed by atoms with Crippen molar-refractivity contribution in [2.24, 2.45) is 0 Å². The lowest BCUT2D eigenvalue weighted by atomic mass is 10.1. The maximum absolute atomic E-state index is 12.2. The van der Waals surface area contributed by atoms with Crippen molar-refractivity contribution in [2.75, 3.05) is 36.5 Å². The number of aromatic hydroxyl groups is 1. The van der Waals surface area contributed by atoms with Crippen molar-refractivity contribution in [2.45, 2.75) is 0 Å². The molecule has 1 aromatic carbocycles. The largest absolute Gasteiger partial charge is 0.504 e. The molecule has 2 aromatic rings. The molecule has 0 unspecified atom stereocenters. The molecule has 1 aliphatic rings. The average molecular weight is 299 g/mol. The van der Waals surface area contributed by atoms with Gasteiger partial charge < -0.3 is 20.1 Å². The quantitative estimate of drug-likeness (QED) is 0.905. The second-order valence-corrected chi connectivity index (χ2v) is 4.97. The Morgan fingerprint density at radius 3 is 2.59 bits per heavy atom. The Balaban J connectivity index is 1.69. The molecule has 2 heterocycles. The average Bonchev–Trinajstić information content (AvgIpc) is 2.58. The van der Waals surface area contributed by atoms with Crippen molar-refractivity contribution in [3.63, 3.8) is 0 Å². The molecule has 0 atom stereocenters. The van der Waals surface area contributed by atoms with Gasteiger partial charge in [-0.25, -0.2) is 4.98 Å². The summed E-state index contributed by atoms with van der Waals surface area (Å²) in [5.41, 5.74) is 1.59. The van der Waals surface area contributed by atoms with Crippen LogP contribution in [0.5, 0.6) is 5.75 Å². The highest BCUT2D eigenvalue weighted by atomic mass is 16.5. The monoisotopic (exact) mass is 299 g/mol. The topological polar surface area (TPSA) is 74.7 Å². The zero-order valence-corrected chi connectivity index (χ0v) is 12.0. The number of morpholine rings is 1. The Labute approximate surface area is 128 Å². The van der Waals surface area contributed by atoms with E-state index in [1.54, 1.807) is 18.2 Å². The molecule has 22 heavy (non-hydrogen) atoms. The van der Waals surface area contributed by atoms with Gasteiger partial charge in [0, 0.05) is 30.5 Å². The first kappa shape index (κ1) is 14.3. The normalized spacial score (nSPS) is 14.6. The summed E-state index contributed by atoms with van der Waals surface area (Å²) in [6.45, 7) is 3.16. The Hall–Kier alpha value is -2.60. The van der Waals surface area contributed by atoms with Gasteiger partial charge in [0.2, 0.25) is 0 Å². The SMILES string of the molecule is O=C(Nc1ncccc1O)c1ccc(N2CCOCC2)cc1. The molecule has 1 saturated heterocycles. The molecule has 6 nitrogen and oxygen atoms in total. The van der Waals surface area contributed by atoms with E-state index in [1.807, 2.05) is 12.1 Å². The fourth-order valence-corrected chi connectivity index (χ4v) is 2.32. The minimum Gasteiger partial charge on any atom is -0.504 e. The molecule has 1 aromatic heterocycles. The van der Waals surface area contributed by atoms with Gasteiger partial charge in [-0.15, -0.1) is 0 Å². The highest BCUT2D eigenvalue weighted by Gasteiger charge is 2.13. The van der Waals surface area contributed by atoms with Crippen molar-refractivity contribution >= 4 is 17.4 Å². The predicted molar refractivity (Wildman–Crippen MR) is 83.3 cm³/mol. The number of benzene rings is 1. The van der Waals surface area contributed by atoms with Crippen LogP contribution in [-0.4, -0.2) is 42.3 Å². The number of hydrogen-bond acceptors (Lipinski definition) is 5. The fraction of sp³-hybridized carbons (Fsp3) is 0.250. The smallest absolute Gasteiger partial charge is 0.256 e. The molecule has 0 bridgehead atoms. The molecule has 1 fully saturated rings. The van der Waals surface area contributed by atoms with Gasteiger partial charge in [-0.05, 0) is 36.4 Å². The third kappa shape index (κ3) is 3.17. The summed E-state index contributed by atoms with van der Waals surface area (Å²) < 4.78 is 5.32. The molecule has 114 valence electrons. The summed E-state index contributed by atoms with van der Waals surface area (Å²) in [4.78, 5) is 18.3. The van der Waals surface area contributed by atoms with Gasteiger partial charge in [0.25, 0.3) is 5.91 Å². The number of nitrogens with one attached hydrogen (secondary N) is 1. The third-order valence-corrected chi connectivity index (χ3v) is 3.52. The first-order valence-electron chi connectivity index (χ1n) is 7.12. The summed E-state index contributed by atoms with van der Waals surface area (Å²) in [7, 11) is 0. The van der Waals surface area contributed by atoms with Crippen LogP contribution in [0.15, 0.2) is 42.6 Å². The van der Waals surface area contributed by atoms with Crippen molar-refractivity contribution in [3.05, 3.63) is 48.2 Å². The van der Waals surface area contributed by atoms with E-state index in [0.29, 0.717) is 5.56 Å².